The molecule has 0 aromatic heterocycles. The summed E-state index contributed by atoms with van der Waals surface area (Å²) in [5, 5.41) is 37.3. The van der Waals surface area contributed by atoms with Crippen LogP contribution >= 0.6 is 0 Å². The number of likely N-dealkylation sites (N-methyl/N-ethyl adjacent to an activating group) is 1. The van der Waals surface area contributed by atoms with Gasteiger partial charge in [-0.2, -0.15) is 0 Å². The minimum Gasteiger partial charge on any atom is -0.504 e. The minimum atomic E-state index is -0.390. The Hall–Kier alpha value is -3.06. The van der Waals surface area contributed by atoms with Crippen molar-refractivity contribution in [2.24, 2.45) is 0 Å². The zero-order valence-corrected chi connectivity index (χ0v) is 12.9. The van der Waals surface area contributed by atoms with Gasteiger partial charge in [0.15, 0.2) is 34.6 Å². The van der Waals surface area contributed by atoms with E-state index < -0.39 is 0 Å². The minimum absolute atomic E-state index is 0.0694. The maximum Gasteiger partial charge on any atom is 0.176 e. The van der Waals surface area contributed by atoms with E-state index in [2.05, 4.69) is 0 Å². The van der Waals surface area contributed by atoms with Crippen LogP contribution in [0.1, 0.15) is 20.7 Å². The number of hydrogen-bond acceptors (Lipinski definition) is 7. The van der Waals surface area contributed by atoms with Crippen LogP contribution in [0, 0.1) is 0 Å². The molecule has 0 aliphatic carbocycles. The largest absolute Gasteiger partial charge is 0.504 e. The Kier molecular flexibility index (Phi) is 5.05. The fourth-order valence-electron chi connectivity index (χ4n) is 2.12. The van der Waals surface area contributed by atoms with Crippen LogP contribution < -0.4 is 0 Å². The summed E-state index contributed by atoms with van der Waals surface area (Å²) >= 11 is 0. The lowest BCUT2D eigenvalue weighted by Gasteiger charge is -2.15. The lowest BCUT2D eigenvalue weighted by atomic mass is 10.1. The summed E-state index contributed by atoms with van der Waals surface area (Å²) < 4.78 is 0. The molecule has 0 saturated carbocycles. The Balaban J connectivity index is 2.00. The van der Waals surface area contributed by atoms with Gasteiger partial charge in [0, 0.05) is 11.1 Å². The second-order valence-electron chi connectivity index (χ2n) is 5.43. The molecule has 126 valence electrons. The molecule has 0 amide bonds. The third-order valence-corrected chi connectivity index (χ3v) is 3.42. The van der Waals surface area contributed by atoms with E-state index in [1.165, 1.54) is 29.2 Å². The van der Waals surface area contributed by atoms with E-state index >= 15 is 0 Å². The number of phenolic OH excluding ortho intramolecular Hbond substituents is 4. The van der Waals surface area contributed by atoms with Crippen LogP contribution in [0.5, 0.6) is 23.0 Å². The summed E-state index contributed by atoms with van der Waals surface area (Å²) in [6.07, 6.45) is 0. The second-order valence-corrected chi connectivity index (χ2v) is 5.43. The predicted octanol–water partition coefficient (Wildman–Crippen LogP) is 1.51. The van der Waals surface area contributed by atoms with E-state index in [9.17, 15) is 30.0 Å². The molecule has 24 heavy (non-hydrogen) atoms. The number of hydrogen-bond donors (Lipinski definition) is 4. The van der Waals surface area contributed by atoms with Crippen LogP contribution in [0.3, 0.4) is 0 Å². The molecule has 7 heteroatoms. The van der Waals surface area contributed by atoms with Crippen molar-refractivity contribution in [2.45, 2.75) is 0 Å². The van der Waals surface area contributed by atoms with Crippen LogP contribution in [-0.4, -0.2) is 57.0 Å². The summed E-state index contributed by atoms with van der Waals surface area (Å²) in [5.41, 5.74) is 0.429. The summed E-state index contributed by atoms with van der Waals surface area (Å²) in [7, 11) is 1.58. The molecule has 0 aliphatic heterocycles. The zero-order valence-electron chi connectivity index (χ0n) is 12.9. The van der Waals surface area contributed by atoms with E-state index in [1.54, 1.807) is 7.05 Å². The highest BCUT2D eigenvalue weighted by Crippen LogP contribution is 2.26. The number of Topliss-reactive ketones (excluding diaryl/α,β-unsaturated/α-hetero) is 2. The summed E-state index contributed by atoms with van der Waals surface area (Å²) in [6, 6.07) is 7.51. The Morgan fingerprint density at radius 3 is 1.46 bits per heavy atom. The van der Waals surface area contributed by atoms with Gasteiger partial charge in [-0.1, -0.05) is 0 Å². The molecule has 0 unspecified atom stereocenters. The molecule has 0 spiro atoms. The Labute approximate surface area is 138 Å². The van der Waals surface area contributed by atoms with Gasteiger partial charge in [-0.25, -0.2) is 0 Å². The van der Waals surface area contributed by atoms with Gasteiger partial charge in [0.2, 0.25) is 0 Å². The van der Waals surface area contributed by atoms with Gasteiger partial charge in [0.1, 0.15) is 0 Å². The molecule has 0 fully saturated rings. The van der Waals surface area contributed by atoms with Crippen molar-refractivity contribution < 1.29 is 30.0 Å². The van der Waals surface area contributed by atoms with Crippen molar-refractivity contribution in [1.82, 2.24) is 4.90 Å². The van der Waals surface area contributed by atoms with Gasteiger partial charge in [-0.05, 0) is 43.4 Å². The predicted molar refractivity (Wildman–Crippen MR) is 85.7 cm³/mol. The molecule has 0 atom stereocenters. The van der Waals surface area contributed by atoms with Crippen molar-refractivity contribution in [1.29, 1.82) is 0 Å². The van der Waals surface area contributed by atoms with Crippen molar-refractivity contribution >= 4 is 11.6 Å². The van der Waals surface area contributed by atoms with Crippen molar-refractivity contribution in [2.75, 3.05) is 20.1 Å². The van der Waals surface area contributed by atoms with Crippen molar-refractivity contribution in [3.8, 4) is 23.0 Å². The van der Waals surface area contributed by atoms with E-state index in [-0.39, 0.29) is 58.8 Å². The first kappa shape index (κ1) is 17.3. The average molecular weight is 331 g/mol. The highest BCUT2D eigenvalue weighted by atomic mass is 16.3. The van der Waals surface area contributed by atoms with Gasteiger partial charge in [-0.15, -0.1) is 0 Å². The van der Waals surface area contributed by atoms with E-state index in [4.69, 9.17) is 0 Å². The smallest absolute Gasteiger partial charge is 0.176 e. The standard InChI is InChI=1S/C17H17NO6/c1-18(8-16(23)10-2-4-12(19)14(21)6-10)9-17(24)11-3-5-13(20)15(22)7-11/h2-7,19-22H,8-9H2,1H3. The maximum absolute atomic E-state index is 12.1. The van der Waals surface area contributed by atoms with E-state index in [0.29, 0.717) is 0 Å². The second kappa shape index (κ2) is 7.01. The SMILES string of the molecule is CN(CC(=O)c1ccc(O)c(O)c1)CC(=O)c1ccc(O)c(O)c1. The highest BCUT2D eigenvalue weighted by molar-refractivity contribution is 6.00. The summed E-state index contributed by atoms with van der Waals surface area (Å²) in [6.45, 7) is -0.139. The fourth-order valence-corrected chi connectivity index (χ4v) is 2.12. The molecular weight excluding hydrogens is 314 g/mol. The van der Waals surface area contributed by atoms with Gasteiger partial charge < -0.3 is 20.4 Å². The molecule has 7 nitrogen and oxygen atoms in total. The first-order valence-electron chi connectivity index (χ1n) is 7.07. The molecule has 0 saturated heterocycles. The first-order chi connectivity index (χ1) is 11.3. The molecule has 0 heterocycles. The van der Waals surface area contributed by atoms with E-state index in [0.717, 1.165) is 12.1 Å². The number of rotatable bonds is 6. The van der Waals surface area contributed by atoms with Crippen LogP contribution in [0.25, 0.3) is 0 Å². The lowest BCUT2D eigenvalue weighted by molar-refractivity contribution is 0.0894. The van der Waals surface area contributed by atoms with Gasteiger partial charge in [0.05, 0.1) is 13.1 Å². The van der Waals surface area contributed by atoms with Crippen LogP contribution in [0.2, 0.25) is 0 Å². The fraction of sp³-hybridized carbons (Fsp3) is 0.176. The van der Waals surface area contributed by atoms with Crippen LogP contribution in [0.4, 0.5) is 0 Å². The molecule has 0 radical (unpaired) electrons. The van der Waals surface area contributed by atoms with Crippen molar-refractivity contribution in [3.63, 3.8) is 0 Å². The number of phenols is 4. The molecule has 4 N–H and O–H groups in total. The number of carbonyl (C=O) groups excluding carboxylic acids is 2. The molecule has 0 bridgehead atoms. The number of nitrogens with zero attached hydrogens (tertiary/aromatic N) is 1. The monoisotopic (exact) mass is 331 g/mol. The molecule has 0 aliphatic rings. The zero-order chi connectivity index (χ0) is 17.9. The Morgan fingerprint density at radius 1 is 0.750 bits per heavy atom. The molecule has 2 aromatic rings. The molecule has 2 rings (SSSR count). The highest BCUT2D eigenvalue weighted by Gasteiger charge is 2.15. The third kappa shape index (κ3) is 4.02. The number of ketones is 2. The van der Waals surface area contributed by atoms with Gasteiger partial charge >= 0.3 is 0 Å². The normalized spacial score (nSPS) is 10.8. The van der Waals surface area contributed by atoms with Gasteiger partial charge in [0.25, 0.3) is 0 Å². The van der Waals surface area contributed by atoms with E-state index in [1.807, 2.05) is 0 Å². The average Bonchev–Trinajstić information content (AvgIpc) is 2.52. The summed E-state index contributed by atoms with van der Waals surface area (Å²) in [4.78, 5) is 25.7. The quantitative estimate of drug-likeness (QED) is 0.468. The first-order valence-corrected chi connectivity index (χ1v) is 7.07. The lowest BCUT2D eigenvalue weighted by Crippen LogP contribution is -2.31. The molecular formula is C17H17NO6. The van der Waals surface area contributed by atoms with Crippen LogP contribution in [-0.2, 0) is 0 Å². The van der Waals surface area contributed by atoms with Crippen molar-refractivity contribution in [3.05, 3.63) is 47.5 Å². The topological polar surface area (TPSA) is 118 Å². The van der Waals surface area contributed by atoms with Crippen LogP contribution in [0.15, 0.2) is 36.4 Å². The third-order valence-electron chi connectivity index (χ3n) is 3.42. The summed E-state index contributed by atoms with van der Waals surface area (Å²) in [5.74, 6) is -2.06. The Morgan fingerprint density at radius 2 is 1.12 bits per heavy atom. The maximum atomic E-state index is 12.1. The Bertz CT molecular complexity index is 721. The number of benzene rings is 2. The number of aromatic hydroxyl groups is 4. The number of carbonyl (C=O) groups is 2. The molecule has 2 aromatic carbocycles. The van der Waals surface area contributed by atoms with Gasteiger partial charge in [-0.3, -0.25) is 14.5 Å².